The summed E-state index contributed by atoms with van der Waals surface area (Å²) in [7, 11) is 0. The first kappa shape index (κ1) is 20.1. The van der Waals surface area contributed by atoms with Crippen molar-refractivity contribution in [2.24, 2.45) is 0 Å². The Balaban J connectivity index is 2.84. The Kier molecular flexibility index (Phi) is 5.81. The largest absolute Gasteiger partial charge is 0.509 e. The van der Waals surface area contributed by atoms with Gasteiger partial charge < -0.3 is 14.2 Å². The van der Waals surface area contributed by atoms with Gasteiger partial charge in [0.2, 0.25) is 0 Å². The minimum absolute atomic E-state index is 0.163. The number of hydrogen-bond donors (Lipinski definition) is 0. The van der Waals surface area contributed by atoms with Crippen molar-refractivity contribution in [3.8, 4) is 12.3 Å². The number of carbonyl (C=O) groups excluding carboxylic acids is 2. The minimum atomic E-state index is -0.868. The molecule has 0 bridgehead atoms. The van der Waals surface area contributed by atoms with Gasteiger partial charge in [-0.25, -0.2) is 9.59 Å². The van der Waals surface area contributed by atoms with E-state index in [1.165, 1.54) is 4.90 Å². The van der Waals surface area contributed by atoms with Crippen LogP contribution in [0.1, 0.15) is 61.3 Å². The SMILES string of the molecule is C#C[C@H]1CC[C@@](C)(OC(=O)OC(C)(C)C)CN1C(=O)OC(C)(C)C. The van der Waals surface area contributed by atoms with E-state index in [9.17, 15) is 9.59 Å². The van der Waals surface area contributed by atoms with Crippen molar-refractivity contribution < 1.29 is 23.8 Å². The van der Waals surface area contributed by atoms with Crippen LogP contribution in [0.2, 0.25) is 0 Å². The molecular formula is C18H29NO5. The monoisotopic (exact) mass is 339 g/mol. The lowest BCUT2D eigenvalue weighted by Gasteiger charge is -2.42. The maximum Gasteiger partial charge on any atom is 0.509 e. The topological polar surface area (TPSA) is 65.1 Å². The molecule has 1 heterocycles. The molecule has 0 aliphatic carbocycles. The van der Waals surface area contributed by atoms with E-state index in [1.54, 1.807) is 48.5 Å². The van der Waals surface area contributed by atoms with Gasteiger partial charge in [-0.3, -0.25) is 4.90 Å². The fourth-order valence-electron chi connectivity index (χ4n) is 2.39. The Morgan fingerprint density at radius 1 is 1.12 bits per heavy atom. The van der Waals surface area contributed by atoms with Crippen LogP contribution in [-0.4, -0.2) is 46.5 Å². The zero-order chi connectivity index (χ0) is 18.8. The van der Waals surface area contributed by atoms with Crippen molar-refractivity contribution in [3.05, 3.63) is 0 Å². The smallest absolute Gasteiger partial charge is 0.444 e. The second-order valence-corrected chi connectivity index (χ2v) is 8.35. The van der Waals surface area contributed by atoms with Crippen molar-refractivity contribution in [1.29, 1.82) is 0 Å². The van der Waals surface area contributed by atoms with Gasteiger partial charge in [-0.2, -0.15) is 0 Å². The van der Waals surface area contributed by atoms with Crippen LogP contribution in [0.15, 0.2) is 0 Å². The summed E-state index contributed by atoms with van der Waals surface area (Å²) in [5, 5.41) is 0. The van der Waals surface area contributed by atoms with Crippen molar-refractivity contribution in [2.75, 3.05) is 6.54 Å². The van der Waals surface area contributed by atoms with Gasteiger partial charge >= 0.3 is 12.2 Å². The molecule has 0 aromatic heterocycles. The number of terminal acetylenes is 1. The maximum atomic E-state index is 12.4. The highest BCUT2D eigenvalue weighted by Crippen LogP contribution is 2.30. The molecule has 1 amide bonds. The van der Waals surface area contributed by atoms with Gasteiger partial charge in [0.15, 0.2) is 0 Å². The van der Waals surface area contributed by atoms with Crippen molar-refractivity contribution in [1.82, 2.24) is 4.90 Å². The number of ether oxygens (including phenoxy) is 3. The highest BCUT2D eigenvalue weighted by molar-refractivity contribution is 5.69. The molecule has 1 aliphatic heterocycles. The van der Waals surface area contributed by atoms with E-state index in [0.717, 1.165) is 0 Å². The molecule has 0 spiro atoms. The molecule has 0 unspecified atom stereocenters. The molecule has 0 aromatic rings. The molecule has 136 valence electrons. The van der Waals surface area contributed by atoms with E-state index in [0.29, 0.717) is 12.8 Å². The summed E-state index contributed by atoms with van der Waals surface area (Å²) in [6.45, 7) is 12.6. The highest BCUT2D eigenvalue weighted by Gasteiger charge is 2.42. The van der Waals surface area contributed by atoms with Crippen molar-refractivity contribution >= 4 is 12.2 Å². The molecular weight excluding hydrogens is 310 g/mol. The molecule has 0 N–H and O–H groups in total. The van der Waals surface area contributed by atoms with Gasteiger partial charge in [0.1, 0.15) is 16.8 Å². The number of carbonyl (C=O) groups is 2. The number of hydrogen-bond acceptors (Lipinski definition) is 5. The zero-order valence-electron chi connectivity index (χ0n) is 15.8. The van der Waals surface area contributed by atoms with Gasteiger partial charge in [0.25, 0.3) is 0 Å². The van der Waals surface area contributed by atoms with Crippen LogP contribution in [0.25, 0.3) is 0 Å². The van der Waals surface area contributed by atoms with Crippen LogP contribution < -0.4 is 0 Å². The average Bonchev–Trinajstić information content (AvgIpc) is 2.33. The van der Waals surface area contributed by atoms with E-state index in [2.05, 4.69) is 5.92 Å². The standard InChI is InChI=1S/C18H29NO5/c1-9-13-10-11-18(8,24-15(21)23-17(5,6)7)12-19(13)14(20)22-16(2,3)4/h1,13H,10-12H2,2-8H3/t13-,18+/m0/s1. The van der Waals surface area contributed by atoms with Crippen molar-refractivity contribution in [3.63, 3.8) is 0 Å². The third kappa shape index (κ3) is 6.31. The van der Waals surface area contributed by atoms with Gasteiger partial charge in [0.05, 0.1) is 12.6 Å². The van der Waals surface area contributed by atoms with E-state index < -0.39 is 29.1 Å². The fourth-order valence-corrected chi connectivity index (χ4v) is 2.39. The van der Waals surface area contributed by atoms with Gasteiger partial charge in [-0.1, -0.05) is 5.92 Å². The molecule has 2 atom stereocenters. The Bertz CT molecular complexity index is 523. The molecule has 1 rings (SSSR count). The normalized spacial score (nSPS) is 24.8. The first-order chi connectivity index (χ1) is 10.7. The van der Waals surface area contributed by atoms with E-state index in [-0.39, 0.29) is 12.6 Å². The molecule has 1 aliphatic rings. The predicted molar refractivity (Wildman–Crippen MR) is 90.5 cm³/mol. The van der Waals surface area contributed by atoms with E-state index in [1.807, 2.05) is 0 Å². The zero-order valence-corrected chi connectivity index (χ0v) is 15.8. The van der Waals surface area contributed by atoms with E-state index in [4.69, 9.17) is 20.6 Å². The molecule has 1 fully saturated rings. The second-order valence-electron chi connectivity index (χ2n) is 8.35. The molecule has 0 saturated carbocycles. The molecule has 0 aromatic carbocycles. The number of amides is 1. The van der Waals surface area contributed by atoms with Crippen LogP contribution in [0.4, 0.5) is 9.59 Å². The number of piperidine rings is 1. The van der Waals surface area contributed by atoms with Gasteiger partial charge in [-0.15, -0.1) is 6.42 Å². The maximum absolute atomic E-state index is 12.4. The second kappa shape index (κ2) is 6.92. The number of nitrogens with zero attached hydrogens (tertiary/aromatic N) is 1. The summed E-state index contributed by atoms with van der Waals surface area (Å²) in [4.78, 5) is 25.8. The Labute approximate surface area is 144 Å². The fraction of sp³-hybridized carbons (Fsp3) is 0.778. The summed E-state index contributed by atoms with van der Waals surface area (Å²) in [5.41, 5.74) is -2.14. The molecule has 1 saturated heterocycles. The van der Waals surface area contributed by atoms with Crippen LogP contribution in [0.5, 0.6) is 0 Å². The summed E-state index contributed by atoms with van der Waals surface area (Å²) in [5.74, 6) is 2.60. The van der Waals surface area contributed by atoms with Crippen molar-refractivity contribution in [2.45, 2.75) is 84.2 Å². The van der Waals surface area contributed by atoms with Crippen LogP contribution in [0, 0.1) is 12.3 Å². The third-order valence-electron chi connectivity index (χ3n) is 3.37. The quantitative estimate of drug-likeness (QED) is 0.538. The Morgan fingerprint density at radius 2 is 1.67 bits per heavy atom. The lowest BCUT2D eigenvalue weighted by molar-refractivity contribution is -0.0902. The molecule has 6 nitrogen and oxygen atoms in total. The molecule has 24 heavy (non-hydrogen) atoms. The number of likely N-dealkylation sites (tertiary alicyclic amines) is 1. The lowest BCUT2D eigenvalue weighted by Crippen LogP contribution is -2.56. The summed E-state index contributed by atoms with van der Waals surface area (Å²) in [6, 6.07) is -0.379. The van der Waals surface area contributed by atoms with Gasteiger partial charge in [-0.05, 0) is 61.3 Å². The molecule has 0 radical (unpaired) electrons. The lowest BCUT2D eigenvalue weighted by atomic mass is 9.90. The van der Waals surface area contributed by atoms with Crippen LogP contribution >= 0.6 is 0 Å². The van der Waals surface area contributed by atoms with E-state index >= 15 is 0 Å². The number of rotatable bonds is 1. The Morgan fingerprint density at radius 3 is 2.12 bits per heavy atom. The highest BCUT2D eigenvalue weighted by atomic mass is 16.7. The third-order valence-corrected chi connectivity index (χ3v) is 3.37. The minimum Gasteiger partial charge on any atom is -0.444 e. The van der Waals surface area contributed by atoms with Crippen LogP contribution in [-0.2, 0) is 14.2 Å². The van der Waals surface area contributed by atoms with Gasteiger partial charge in [0, 0.05) is 0 Å². The average molecular weight is 339 g/mol. The van der Waals surface area contributed by atoms with Crippen LogP contribution in [0.3, 0.4) is 0 Å². The Hall–Kier alpha value is -1.90. The summed E-state index contributed by atoms with van der Waals surface area (Å²) < 4.78 is 16.1. The molecule has 6 heteroatoms. The summed E-state index contributed by atoms with van der Waals surface area (Å²) in [6.07, 6.45) is 5.34. The predicted octanol–water partition coefficient (Wildman–Crippen LogP) is 3.73. The first-order valence-corrected chi connectivity index (χ1v) is 8.12. The summed E-state index contributed by atoms with van der Waals surface area (Å²) >= 11 is 0. The first-order valence-electron chi connectivity index (χ1n) is 8.12.